The largest absolute Gasteiger partial charge is 0.470 e. The third kappa shape index (κ3) is 2.75. The van der Waals surface area contributed by atoms with Crippen LogP contribution in [0.3, 0.4) is 0 Å². The third-order valence-corrected chi connectivity index (χ3v) is 6.19. The molecule has 0 bridgehead atoms. The lowest BCUT2D eigenvalue weighted by Crippen LogP contribution is -2.64. The first-order valence-corrected chi connectivity index (χ1v) is 10.1. The zero-order chi connectivity index (χ0) is 19.5. The summed E-state index contributed by atoms with van der Waals surface area (Å²) in [4.78, 5) is 0. The smallest absolute Gasteiger partial charge is 0.185 e. The average molecular weight is 377 g/mol. The van der Waals surface area contributed by atoms with Crippen LogP contribution in [-0.4, -0.2) is 22.9 Å². The van der Waals surface area contributed by atoms with Crippen molar-refractivity contribution in [3.8, 4) is 5.75 Å². The van der Waals surface area contributed by atoms with Gasteiger partial charge in [0.1, 0.15) is 5.75 Å². The Morgan fingerprint density at radius 1 is 1.11 bits per heavy atom. The highest BCUT2D eigenvalue weighted by molar-refractivity contribution is 5.70. The summed E-state index contributed by atoms with van der Waals surface area (Å²) in [6.07, 6.45) is 4.00. The maximum Gasteiger partial charge on any atom is 0.185 e. The van der Waals surface area contributed by atoms with Gasteiger partial charge in [-0.1, -0.05) is 35.9 Å². The van der Waals surface area contributed by atoms with Gasteiger partial charge in [0.15, 0.2) is 5.72 Å². The molecule has 0 unspecified atom stereocenters. The van der Waals surface area contributed by atoms with Crippen LogP contribution in [0.4, 0.5) is 0 Å². The zero-order valence-electron chi connectivity index (χ0n) is 17.1. The van der Waals surface area contributed by atoms with E-state index in [1.54, 1.807) is 0 Å². The maximum atomic E-state index is 6.70. The van der Waals surface area contributed by atoms with E-state index in [1.165, 1.54) is 22.3 Å². The van der Waals surface area contributed by atoms with Gasteiger partial charge < -0.3 is 14.9 Å². The highest BCUT2D eigenvalue weighted by Gasteiger charge is 2.54. The number of hydrogen-bond donors (Lipinski definition) is 1. The highest BCUT2D eigenvalue weighted by atomic mass is 16.5. The molecule has 1 N–H and O–H groups in total. The van der Waals surface area contributed by atoms with Crippen molar-refractivity contribution in [1.82, 2.24) is 10.4 Å². The second-order valence-electron chi connectivity index (χ2n) is 8.95. The lowest BCUT2D eigenvalue weighted by Gasteiger charge is -2.53. The molecule has 2 aromatic carbocycles. The second-order valence-corrected chi connectivity index (χ2v) is 8.95. The van der Waals surface area contributed by atoms with Crippen LogP contribution in [0.15, 0.2) is 48.5 Å². The number of benzene rings is 2. The number of fused-ring (bicyclic) bond motifs is 4. The summed E-state index contributed by atoms with van der Waals surface area (Å²) in [5.74, 6) is 0.988. The van der Waals surface area contributed by atoms with Gasteiger partial charge in [0, 0.05) is 24.0 Å². The van der Waals surface area contributed by atoms with Crippen molar-refractivity contribution in [2.45, 2.75) is 57.9 Å². The summed E-state index contributed by atoms with van der Waals surface area (Å²) in [7, 11) is 0. The van der Waals surface area contributed by atoms with Crippen molar-refractivity contribution >= 4 is 5.70 Å². The molecule has 3 aliphatic heterocycles. The van der Waals surface area contributed by atoms with E-state index in [-0.39, 0.29) is 11.6 Å². The number of hydrogen-bond acceptors (Lipinski definition) is 4. The Kier molecular flexibility index (Phi) is 3.87. The lowest BCUT2D eigenvalue weighted by atomic mass is 9.87. The van der Waals surface area contributed by atoms with Crippen LogP contribution in [0.2, 0.25) is 0 Å². The summed E-state index contributed by atoms with van der Waals surface area (Å²) in [5, 5.41) is 2.33. The minimum absolute atomic E-state index is 0.147. The zero-order valence-corrected chi connectivity index (χ0v) is 17.1. The van der Waals surface area contributed by atoms with E-state index in [4.69, 9.17) is 9.47 Å². The van der Waals surface area contributed by atoms with Gasteiger partial charge in [-0.2, -0.15) is 5.01 Å². The predicted octanol–water partition coefficient (Wildman–Crippen LogP) is 4.88. The topological polar surface area (TPSA) is 33.7 Å². The van der Waals surface area contributed by atoms with Gasteiger partial charge in [-0.3, -0.25) is 0 Å². The molecule has 5 rings (SSSR count). The molecule has 4 nitrogen and oxygen atoms in total. The Morgan fingerprint density at radius 3 is 2.75 bits per heavy atom. The Hall–Kier alpha value is -2.30. The second kappa shape index (κ2) is 6.10. The van der Waals surface area contributed by atoms with Gasteiger partial charge in [-0.05, 0) is 51.5 Å². The molecule has 0 amide bonds. The molecule has 0 aliphatic carbocycles. The Bertz CT molecular complexity index is 965. The van der Waals surface area contributed by atoms with E-state index in [2.05, 4.69) is 86.7 Å². The Morgan fingerprint density at radius 2 is 1.93 bits per heavy atom. The standard InChI is InChI=1S/C24H28N2O2/c1-16-9-10-17(2)19(13-16)20-14-21-18-7-5-6-8-22(18)28-24(26(21)25-20)11-12-27-23(3,4)15-24/h5-10,13-14,21,25H,11-12,15H2,1-4H3/t21-,24-/m1/s1. The molecular weight excluding hydrogens is 348 g/mol. The first kappa shape index (κ1) is 17.8. The van der Waals surface area contributed by atoms with E-state index in [9.17, 15) is 0 Å². The number of nitrogens with zero attached hydrogens (tertiary/aromatic N) is 1. The lowest BCUT2D eigenvalue weighted by molar-refractivity contribution is -0.218. The normalized spacial score (nSPS) is 28.1. The predicted molar refractivity (Wildman–Crippen MR) is 111 cm³/mol. The minimum Gasteiger partial charge on any atom is -0.470 e. The molecule has 2 aromatic rings. The monoisotopic (exact) mass is 376 g/mol. The summed E-state index contributed by atoms with van der Waals surface area (Å²) >= 11 is 0. The van der Waals surface area contributed by atoms with Crippen LogP contribution in [0, 0.1) is 13.8 Å². The molecule has 0 radical (unpaired) electrons. The van der Waals surface area contributed by atoms with E-state index in [0.29, 0.717) is 6.61 Å². The fourth-order valence-corrected chi connectivity index (χ4v) is 4.89. The summed E-state index contributed by atoms with van der Waals surface area (Å²) in [6, 6.07) is 15.2. The summed E-state index contributed by atoms with van der Waals surface area (Å²) in [5.41, 5.74) is 9.27. The highest BCUT2D eigenvalue weighted by Crippen LogP contribution is 2.50. The molecule has 1 spiro atoms. The number of para-hydroxylation sites is 1. The van der Waals surface area contributed by atoms with Gasteiger partial charge in [0.05, 0.1) is 23.9 Å². The molecule has 1 fully saturated rings. The first-order valence-electron chi connectivity index (χ1n) is 10.1. The summed E-state index contributed by atoms with van der Waals surface area (Å²) in [6.45, 7) is 9.32. The van der Waals surface area contributed by atoms with Crippen molar-refractivity contribution in [3.63, 3.8) is 0 Å². The fraction of sp³-hybridized carbons (Fsp3) is 0.417. The van der Waals surface area contributed by atoms with Crippen LogP contribution >= 0.6 is 0 Å². The number of aryl methyl sites for hydroxylation is 2. The quantitative estimate of drug-likeness (QED) is 0.769. The molecule has 4 heteroatoms. The summed E-state index contributed by atoms with van der Waals surface area (Å²) < 4.78 is 12.7. The molecule has 146 valence electrons. The van der Waals surface area contributed by atoms with Gasteiger partial charge in [-0.15, -0.1) is 0 Å². The molecule has 0 aromatic heterocycles. The number of ether oxygens (including phenoxy) is 2. The fourth-order valence-electron chi connectivity index (χ4n) is 4.89. The van der Waals surface area contributed by atoms with E-state index in [1.807, 2.05) is 0 Å². The minimum atomic E-state index is -0.420. The van der Waals surface area contributed by atoms with E-state index in [0.717, 1.165) is 24.3 Å². The van der Waals surface area contributed by atoms with Gasteiger partial charge in [0.2, 0.25) is 0 Å². The van der Waals surface area contributed by atoms with Crippen LogP contribution < -0.4 is 10.2 Å². The van der Waals surface area contributed by atoms with Crippen molar-refractivity contribution in [3.05, 3.63) is 70.8 Å². The van der Waals surface area contributed by atoms with Crippen molar-refractivity contribution in [2.24, 2.45) is 0 Å². The third-order valence-electron chi connectivity index (χ3n) is 6.19. The molecule has 0 saturated carbocycles. The Labute approximate surface area is 167 Å². The van der Waals surface area contributed by atoms with Crippen molar-refractivity contribution in [2.75, 3.05) is 6.61 Å². The Balaban J connectivity index is 1.62. The van der Waals surface area contributed by atoms with Crippen LogP contribution in [0.1, 0.15) is 55.0 Å². The SMILES string of the molecule is Cc1ccc(C)c(C2=C[C@@H]3c4ccccc4O[C@@]4(CCOC(C)(C)C4)N3N2)c1. The van der Waals surface area contributed by atoms with Crippen LogP contribution in [0.5, 0.6) is 5.75 Å². The van der Waals surface area contributed by atoms with Crippen molar-refractivity contribution < 1.29 is 9.47 Å². The molecule has 3 heterocycles. The molecule has 3 aliphatic rings. The molecule has 28 heavy (non-hydrogen) atoms. The van der Waals surface area contributed by atoms with Gasteiger partial charge >= 0.3 is 0 Å². The maximum absolute atomic E-state index is 6.70. The number of hydrazine groups is 1. The average Bonchev–Trinajstić information content (AvgIpc) is 3.09. The first-order chi connectivity index (χ1) is 13.4. The molecular formula is C24H28N2O2. The molecule has 2 atom stereocenters. The van der Waals surface area contributed by atoms with Crippen LogP contribution in [-0.2, 0) is 4.74 Å². The molecule has 1 saturated heterocycles. The van der Waals surface area contributed by atoms with Crippen molar-refractivity contribution in [1.29, 1.82) is 0 Å². The van der Waals surface area contributed by atoms with E-state index < -0.39 is 5.72 Å². The number of nitrogens with one attached hydrogen (secondary N) is 1. The van der Waals surface area contributed by atoms with Crippen LogP contribution in [0.25, 0.3) is 5.70 Å². The van der Waals surface area contributed by atoms with Gasteiger partial charge in [0.25, 0.3) is 0 Å². The van der Waals surface area contributed by atoms with Gasteiger partial charge in [-0.25, -0.2) is 0 Å². The number of rotatable bonds is 1. The van der Waals surface area contributed by atoms with E-state index >= 15 is 0 Å².